The monoisotopic (exact) mass is 358 g/mol. The molecule has 1 heterocycles. The molecule has 1 aliphatic rings. The molecule has 0 saturated carbocycles. The first-order chi connectivity index (χ1) is 12.5. The number of hydrogen-bond donors (Lipinski definition) is 2. The molecule has 26 heavy (non-hydrogen) atoms. The van der Waals surface area contributed by atoms with Crippen molar-refractivity contribution in [3.8, 4) is 5.75 Å². The van der Waals surface area contributed by atoms with Gasteiger partial charge in [0.25, 0.3) is 5.91 Å². The van der Waals surface area contributed by atoms with Crippen LogP contribution in [-0.4, -0.2) is 55.7 Å². The number of aromatic hydroxyl groups is 1. The fourth-order valence-electron chi connectivity index (χ4n) is 3.27. The van der Waals surface area contributed by atoms with Crippen molar-refractivity contribution < 1.29 is 19.2 Å². The normalized spacial score (nSPS) is 15.1. The van der Waals surface area contributed by atoms with Gasteiger partial charge in [-0.3, -0.25) is 4.79 Å². The summed E-state index contributed by atoms with van der Waals surface area (Å²) in [5.74, 6) is 0.0617. The second-order valence-electron chi connectivity index (χ2n) is 6.81. The minimum Gasteiger partial charge on any atom is -0.508 e. The molecule has 1 amide bonds. The van der Waals surface area contributed by atoms with Crippen LogP contribution in [0.2, 0.25) is 0 Å². The van der Waals surface area contributed by atoms with Gasteiger partial charge in [-0.2, -0.15) is 0 Å². The Morgan fingerprint density at radius 2 is 1.88 bits per heavy atom. The summed E-state index contributed by atoms with van der Waals surface area (Å²) in [5, 5.41) is 9.38. The molecule has 138 valence electrons. The fourth-order valence-corrected chi connectivity index (χ4v) is 3.27. The van der Waals surface area contributed by atoms with Gasteiger partial charge < -0.3 is 19.8 Å². The summed E-state index contributed by atoms with van der Waals surface area (Å²) in [6.45, 7) is 4.40. The second kappa shape index (κ2) is 8.19. The van der Waals surface area contributed by atoms with Gasteiger partial charge in [-0.15, -0.1) is 0 Å². The van der Waals surface area contributed by atoms with E-state index in [9.17, 15) is 14.3 Å². The molecule has 0 aliphatic carbocycles. The lowest BCUT2D eigenvalue weighted by molar-refractivity contribution is -0.892. The van der Waals surface area contributed by atoms with Crippen LogP contribution >= 0.6 is 0 Å². The van der Waals surface area contributed by atoms with Crippen LogP contribution in [0.5, 0.6) is 5.75 Å². The molecule has 0 unspecified atom stereocenters. The van der Waals surface area contributed by atoms with Gasteiger partial charge in [0, 0.05) is 19.3 Å². The maximum atomic E-state index is 13.3. The first-order valence-corrected chi connectivity index (χ1v) is 8.87. The number of quaternary nitrogens is 1. The first kappa shape index (κ1) is 18.2. The van der Waals surface area contributed by atoms with Crippen molar-refractivity contribution in [1.82, 2.24) is 4.90 Å². The van der Waals surface area contributed by atoms with E-state index in [1.54, 1.807) is 30.1 Å². The minimum absolute atomic E-state index is 0.0716. The van der Waals surface area contributed by atoms with Gasteiger partial charge in [0.1, 0.15) is 11.6 Å². The van der Waals surface area contributed by atoms with Gasteiger partial charge in [0.2, 0.25) is 0 Å². The minimum atomic E-state index is -0.278. The lowest BCUT2D eigenvalue weighted by Gasteiger charge is -2.34. The average Bonchev–Trinajstić information content (AvgIpc) is 2.63. The zero-order chi connectivity index (χ0) is 18.5. The van der Waals surface area contributed by atoms with E-state index in [4.69, 9.17) is 0 Å². The molecule has 0 bridgehead atoms. The van der Waals surface area contributed by atoms with Crippen molar-refractivity contribution >= 4 is 11.6 Å². The number of nitrogens with one attached hydrogen (secondary N) is 1. The smallest absolute Gasteiger partial charge is 0.277 e. The van der Waals surface area contributed by atoms with Crippen LogP contribution in [0.25, 0.3) is 0 Å². The van der Waals surface area contributed by atoms with Crippen molar-refractivity contribution in [2.24, 2.45) is 0 Å². The predicted octanol–water partition coefficient (Wildman–Crippen LogP) is 0.895. The molecule has 5 nitrogen and oxygen atoms in total. The number of piperazine rings is 1. The number of benzene rings is 2. The van der Waals surface area contributed by atoms with Crippen LogP contribution in [0, 0.1) is 5.82 Å². The van der Waals surface area contributed by atoms with Gasteiger partial charge in [-0.1, -0.05) is 12.1 Å². The number of anilines is 1. The molecule has 0 radical (unpaired) electrons. The van der Waals surface area contributed by atoms with Crippen LogP contribution in [-0.2, 0) is 11.3 Å². The number of hydrogen-bond acceptors (Lipinski definition) is 3. The van der Waals surface area contributed by atoms with Crippen molar-refractivity contribution in [2.75, 3.05) is 44.7 Å². The Morgan fingerprint density at radius 3 is 2.54 bits per heavy atom. The number of amides is 1. The van der Waals surface area contributed by atoms with E-state index < -0.39 is 0 Å². The largest absolute Gasteiger partial charge is 0.508 e. The molecule has 2 aromatic carbocycles. The number of phenols is 1. The van der Waals surface area contributed by atoms with E-state index in [1.807, 2.05) is 18.2 Å². The standard InChI is InChI=1S/C20H24FN3O2/c1-22(14-16-3-2-4-17(21)13-16)20(26)15-23-9-11-24(12-10-23)18-5-7-19(25)8-6-18/h2-8,13,25H,9-12,14-15H2,1H3/p+1. The Labute approximate surface area is 153 Å². The molecule has 1 aliphatic heterocycles. The highest BCUT2D eigenvalue weighted by Gasteiger charge is 2.23. The highest BCUT2D eigenvalue weighted by atomic mass is 19.1. The van der Waals surface area contributed by atoms with E-state index in [1.165, 1.54) is 17.0 Å². The quantitative estimate of drug-likeness (QED) is 0.835. The summed E-state index contributed by atoms with van der Waals surface area (Å²) in [4.78, 5) is 17.6. The van der Waals surface area contributed by atoms with E-state index in [2.05, 4.69) is 4.90 Å². The number of likely N-dealkylation sites (N-methyl/N-ethyl adjacent to an activating group) is 1. The highest BCUT2D eigenvalue weighted by molar-refractivity contribution is 5.76. The van der Waals surface area contributed by atoms with Crippen molar-refractivity contribution in [3.05, 3.63) is 59.9 Å². The molecule has 6 heteroatoms. The molecule has 2 aromatic rings. The Kier molecular flexibility index (Phi) is 5.73. The molecule has 1 saturated heterocycles. The van der Waals surface area contributed by atoms with Gasteiger partial charge in [0.05, 0.1) is 26.2 Å². The van der Waals surface area contributed by atoms with E-state index in [-0.39, 0.29) is 17.5 Å². The molecule has 0 aromatic heterocycles. The third-order valence-corrected chi connectivity index (χ3v) is 4.82. The van der Waals surface area contributed by atoms with Crippen LogP contribution in [0.1, 0.15) is 5.56 Å². The summed E-state index contributed by atoms with van der Waals surface area (Å²) in [6.07, 6.45) is 0. The average molecular weight is 358 g/mol. The van der Waals surface area contributed by atoms with Crippen LogP contribution in [0.3, 0.4) is 0 Å². The number of nitrogens with zero attached hydrogens (tertiary/aromatic N) is 2. The van der Waals surface area contributed by atoms with Crippen molar-refractivity contribution in [2.45, 2.75) is 6.54 Å². The summed E-state index contributed by atoms with van der Waals surface area (Å²) >= 11 is 0. The summed E-state index contributed by atoms with van der Waals surface area (Å²) < 4.78 is 13.3. The maximum absolute atomic E-state index is 13.3. The van der Waals surface area contributed by atoms with Crippen LogP contribution in [0.15, 0.2) is 48.5 Å². The van der Waals surface area contributed by atoms with E-state index in [0.717, 1.165) is 37.4 Å². The van der Waals surface area contributed by atoms with Crippen LogP contribution in [0.4, 0.5) is 10.1 Å². The van der Waals surface area contributed by atoms with E-state index >= 15 is 0 Å². The maximum Gasteiger partial charge on any atom is 0.277 e. The Balaban J connectivity index is 1.47. The third kappa shape index (κ3) is 4.73. The zero-order valence-corrected chi connectivity index (χ0v) is 15.0. The number of rotatable bonds is 5. The van der Waals surface area contributed by atoms with Gasteiger partial charge in [-0.25, -0.2) is 4.39 Å². The van der Waals surface area contributed by atoms with Gasteiger partial charge in [0.15, 0.2) is 6.54 Å². The topological polar surface area (TPSA) is 48.2 Å². The molecule has 0 spiro atoms. The Morgan fingerprint density at radius 1 is 1.19 bits per heavy atom. The first-order valence-electron chi connectivity index (χ1n) is 8.87. The molecule has 1 fully saturated rings. The molecular weight excluding hydrogens is 333 g/mol. The van der Waals surface area contributed by atoms with Gasteiger partial charge in [-0.05, 0) is 42.0 Å². The van der Waals surface area contributed by atoms with Gasteiger partial charge >= 0.3 is 0 Å². The second-order valence-corrected chi connectivity index (χ2v) is 6.81. The fraction of sp³-hybridized carbons (Fsp3) is 0.350. The lowest BCUT2D eigenvalue weighted by Crippen LogP contribution is -3.15. The number of carbonyl (C=O) groups excluding carboxylic acids is 1. The lowest BCUT2D eigenvalue weighted by atomic mass is 10.2. The molecule has 0 atom stereocenters. The Hall–Kier alpha value is -2.60. The van der Waals surface area contributed by atoms with Crippen LogP contribution < -0.4 is 9.80 Å². The number of phenolic OH excluding ortho intramolecular Hbond substituents is 1. The van der Waals surface area contributed by atoms with Crippen molar-refractivity contribution in [3.63, 3.8) is 0 Å². The SMILES string of the molecule is CN(Cc1cccc(F)c1)C(=O)C[NH+]1CCN(c2ccc(O)cc2)CC1. The third-order valence-electron chi connectivity index (χ3n) is 4.82. The Bertz CT molecular complexity index is 743. The summed E-state index contributed by atoms with van der Waals surface area (Å²) in [7, 11) is 1.76. The number of halogens is 1. The molecule has 3 rings (SSSR count). The summed E-state index contributed by atoms with van der Waals surface area (Å²) in [5.41, 5.74) is 1.89. The molecular formula is C20H25FN3O2+. The number of carbonyl (C=O) groups is 1. The summed E-state index contributed by atoms with van der Waals surface area (Å²) in [6, 6.07) is 13.6. The van der Waals surface area contributed by atoms with E-state index in [0.29, 0.717) is 13.1 Å². The van der Waals surface area contributed by atoms with Crippen molar-refractivity contribution in [1.29, 1.82) is 0 Å². The molecule has 2 N–H and O–H groups in total. The predicted molar refractivity (Wildman–Crippen MR) is 98.8 cm³/mol. The zero-order valence-electron chi connectivity index (χ0n) is 15.0. The highest BCUT2D eigenvalue weighted by Crippen LogP contribution is 2.18.